The molecule has 5 rings (SSSR count). The molecule has 1 aliphatic heterocycles. The summed E-state index contributed by atoms with van der Waals surface area (Å²) in [5.41, 5.74) is 5.52. The fraction of sp³-hybridized carbons (Fsp3) is 0.105. The molecule has 0 radical (unpaired) electrons. The van der Waals surface area contributed by atoms with E-state index >= 15 is 0 Å². The first-order chi connectivity index (χ1) is 12.3. The van der Waals surface area contributed by atoms with E-state index in [4.69, 9.17) is 4.74 Å². The molecule has 0 fully saturated rings. The summed E-state index contributed by atoms with van der Waals surface area (Å²) in [6.07, 6.45) is 0. The number of aryl methyl sites for hydroxylation is 1. The van der Waals surface area contributed by atoms with Crippen LogP contribution in [-0.4, -0.2) is 32.1 Å². The van der Waals surface area contributed by atoms with Gasteiger partial charge in [-0.15, -0.1) is 0 Å². The Kier molecular flexibility index (Phi) is 2.97. The van der Waals surface area contributed by atoms with Crippen LogP contribution >= 0.6 is 0 Å². The number of hydrogen-bond donors (Lipinski definition) is 1. The van der Waals surface area contributed by atoms with E-state index < -0.39 is 0 Å². The van der Waals surface area contributed by atoms with Crippen LogP contribution in [0.2, 0.25) is 0 Å². The summed E-state index contributed by atoms with van der Waals surface area (Å²) in [5.74, 6) is 1.32. The molecule has 0 bridgehead atoms. The lowest BCUT2D eigenvalue weighted by Gasteiger charge is -2.04. The van der Waals surface area contributed by atoms with E-state index in [1.807, 2.05) is 66.2 Å². The molecule has 0 saturated heterocycles. The number of H-pyrrole nitrogens is 1. The number of aromatic nitrogens is 4. The normalized spacial score (nSPS) is 14.8. The van der Waals surface area contributed by atoms with Gasteiger partial charge in [-0.2, -0.15) is 5.10 Å². The van der Waals surface area contributed by atoms with Crippen molar-refractivity contribution in [3.63, 3.8) is 0 Å². The smallest absolute Gasteiger partial charge is 0.228 e. The van der Waals surface area contributed by atoms with Gasteiger partial charge in [-0.3, -0.25) is 0 Å². The molecule has 122 valence electrons. The van der Waals surface area contributed by atoms with Crippen molar-refractivity contribution in [1.82, 2.24) is 19.7 Å². The number of para-hydroxylation sites is 3. The van der Waals surface area contributed by atoms with Crippen LogP contribution in [0.5, 0.6) is 5.88 Å². The van der Waals surface area contributed by atoms with Crippen LogP contribution in [0.3, 0.4) is 0 Å². The Labute approximate surface area is 143 Å². The van der Waals surface area contributed by atoms with Gasteiger partial charge in [0.25, 0.3) is 0 Å². The lowest BCUT2D eigenvalue weighted by molar-refractivity contribution is 0.364. The third-order valence-corrected chi connectivity index (χ3v) is 4.27. The van der Waals surface area contributed by atoms with Gasteiger partial charge in [0.2, 0.25) is 11.8 Å². The number of aliphatic imine (C=N–C) groups is 1. The van der Waals surface area contributed by atoms with Gasteiger partial charge >= 0.3 is 0 Å². The van der Waals surface area contributed by atoms with E-state index in [1.54, 1.807) is 0 Å². The monoisotopic (exact) mass is 329 g/mol. The first-order valence-corrected chi connectivity index (χ1v) is 8.10. The molecule has 1 aliphatic rings. The molecule has 2 aromatic carbocycles. The molecule has 0 atom stereocenters. The van der Waals surface area contributed by atoms with Gasteiger partial charge in [0.1, 0.15) is 6.61 Å². The fourth-order valence-electron chi connectivity index (χ4n) is 3.13. The molecule has 6 heteroatoms. The molecule has 0 amide bonds. The number of nitrogens with one attached hydrogen (secondary N) is 1. The van der Waals surface area contributed by atoms with Gasteiger partial charge in [0.05, 0.1) is 33.7 Å². The Bertz CT molecular complexity index is 1070. The minimum atomic E-state index is 0.415. The number of aromatic amines is 1. The summed E-state index contributed by atoms with van der Waals surface area (Å²) in [7, 11) is 0. The van der Waals surface area contributed by atoms with Gasteiger partial charge in [0, 0.05) is 0 Å². The van der Waals surface area contributed by atoms with Crippen LogP contribution in [0.15, 0.2) is 59.6 Å². The highest BCUT2D eigenvalue weighted by molar-refractivity contribution is 6.08. The summed E-state index contributed by atoms with van der Waals surface area (Å²) in [6, 6.07) is 17.8. The minimum absolute atomic E-state index is 0.415. The van der Waals surface area contributed by atoms with Crippen molar-refractivity contribution in [2.45, 2.75) is 6.92 Å². The van der Waals surface area contributed by atoms with E-state index in [1.165, 1.54) is 0 Å². The molecule has 25 heavy (non-hydrogen) atoms. The highest BCUT2D eigenvalue weighted by atomic mass is 16.5. The maximum Gasteiger partial charge on any atom is 0.228 e. The van der Waals surface area contributed by atoms with Crippen molar-refractivity contribution in [2.24, 2.45) is 4.99 Å². The number of fused-ring (bicyclic) bond motifs is 2. The molecule has 4 aromatic rings. The number of rotatable bonds is 2. The van der Waals surface area contributed by atoms with Gasteiger partial charge in [-0.05, 0) is 31.2 Å². The lowest BCUT2D eigenvalue weighted by atomic mass is 10.2. The van der Waals surface area contributed by atoms with Crippen LogP contribution < -0.4 is 4.74 Å². The second-order valence-electron chi connectivity index (χ2n) is 5.94. The summed E-state index contributed by atoms with van der Waals surface area (Å²) < 4.78 is 7.72. The van der Waals surface area contributed by atoms with Crippen LogP contribution in [0.1, 0.15) is 11.3 Å². The van der Waals surface area contributed by atoms with Crippen molar-refractivity contribution >= 4 is 22.7 Å². The van der Waals surface area contributed by atoms with E-state index in [-0.39, 0.29) is 0 Å². The maximum absolute atomic E-state index is 5.89. The molecule has 2 aromatic heterocycles. The Morgan fingerprint density at radius 1 is 1.08 bits per heavy atom. The van der Waals surface area contributed by atoms with Gasteiger partial charge in [0.15, 0.2) is 0 Å². The number of benzene rings is 2. The SMILES string of the molecule is Cc1nn(-c2ccccc2)c2c1C(=Nc1nc3ccccc3[nH]1)CO2. The molecule has 6 nitrogen and oxygen atoms in total. The molecule has 0 unspecified atom stereocenters. The Hall–Kier alpha value is -3.41. The second kappa shape index (κ2) is 5.31. The first kappa shape index (κ1) is 14.0. The van der Waals surface area contributed by atoms with Crippen molar-refractivity contribution in [3.05, 3.63) is 65.9 Å². The Morgan fingerprint density at radius 2 is 1.88 bits per heavy atom. The van der Waals surface area contributed by atoms with E-state index in [2.05, 4.69) is 20.1 Å². The van der Waals surface area contributed by atoms with Gasteiger partial charge in [-0.1, -0.05) is 30.3 Å². The zero-order chi connectivity index (χ0) is 16.8. The molecular formula is C19H15N5O. The number of ether oxygens (including phenoxy) is 1. The molecular weight excluding hydrogens is 314 g/mol. The largest absolute Gasteiger partial charge is 0.471 e. The molecule has 0 saturated carbocycles. The third kappa shape index (κ3) is 2.22. The number of nitrogens with zero attached hydrogens (tertiary/aromatic N) is 4. The molecule has 0 aliphatic carbocycles. The second-order valence-corrected chi connectivity index (χ2v) is 5.94. The standard InChI is InChI=1S/C19H15N5O/c1-12-17-16(22-19-20-14-9-5-6-10-15(14)21-19)11-25-18(17)24(23-12)13-7-3-2-4-8-13/h2-10H,11H2,1H3,(H,20,21). The van der Waals surface area contributed by atoms with Crippen molar-refractivity contribution in [2.75, 3.05) is 6.61 Å². The predicted octanol–water partition coefficient (Wildman–Crippen LogP) is 3.57. The summed E-state index contributed by atoms with van der Waals surface area (Å²) >= 11 is 0. The van der Waals surface area contributed by atoms with Crippen molar-refractivity contribution in [3.8, 4) is 11.6 Å². The molecule has 0 spiro atoms. The zero-order valence-corrected chi connectivity index (χ0v) is 13.6. The maximum atomic E-state index is 5.89. The van der Waals surface area contributed by atoms with Crippen LogP contribution in [0.25, 0.3) is 16.7 Å². The first-order valence-electron chi connectivity index (χ1n) is 8.10. The molecule has 1 N–H and O–H groups in total. The van der Waals surface area contributed by atoms with Crippen LogP contribution in [0.4, 0.5) is 5.95 Å². The minimum Gasteiger partial charge on any atom is -0.471 e. The predicted molar refractivity (Wildman–Crippen MR) is 96.1 cm³/mol. The number of imidazole rings is 1. The lowest BCUT2D eigenvalue weighted by Crippen LogP contribution is -2.06. The highest BCUT2D eigenvalue weighted by Gasteiger charge is 2.29. The fourth-order valence-corrected chi connectivity index (χ4v) is 3.13. The average molecular weight is 329 g/mol. The van der Waals surface area contributed by atoms with Crippen LogP contribution in [-0.2, 0) is 0 Å². The summed E-state index contributed by atoms with van der Waals surface area (Å²) in [5, 5.41) is 4.62. The highest BCUT2D eigenvalue weighted by Crippen LogP contribution is 2.32. The topological polar surface area (TPSA) is 68.1 Å². The van der Waals surface area contributed by atoms with E-state index in [0.717, 1.165) is 39.6 Å². The third-order valence-electron chi connectivity index (χ3n) is 4.27. The van der Waals surface area contributed by atoms with Crippen molar-refractivity contribution in [1.29, 1.82) is 0 Å². The quantitative estimate of drug-likeness (QED) is 0.611. The summed E-state index contributed by atoms with van der Waals surface area (Å²) in [4.78, 5) is 12.4. The van der Waals surface area contributed by atoms with E-state index in [0.29, 0.717) is 12.6 Å². The number of hydrogen-bond acceptors (Lipinski definition) is 4. The van der Waals surface area contributed by atoms with Gasteiger partial charge in [-0.25, -0.2) is 14.7 Å². The van der Waals surface area contributed by atoms with Gasteiger partial charge < -0.3 is 9.72 Å². The van der Waals surface area contributed by atoms with Crippen LogP contribution in [0, 0.1) is 6.92 Å². The summed E-state index contributed by atoms with van der Waals surface area (Å²) in [6.45, 7) is 2.39. The van der Waals surface area contributed by atoms with Crippen molar-refractivity contribution < 1.29 is 4.74 Å². The average Bonchev–Trinajstić information content (AvgIpc) is 3.31. The zero-order valence-electron chi connectivity index (χ0n) is 13.6. The Morgan fingerprint density at radius 3 is 2.72 bits per heavy atom. The Balaban J connectivity index is 1.60. The molecule has 3 heterocycles. The van der Waals surface area contributed by atoms with E-state index in [9.17, 15) is 0 Å².